The van der Waals surface area contributed by atoms with Crippen LogP contribution in [-0.4, -0.2) is 68.2 Å². The van der Waals surface area contributed by atoms with Crippen LogP contribution in [0.2, 0.25) is 0 Å². The predicted molar refractivity (Wildman–Crippen MR) is 110 cm³/mol. The van der Waals surface area contributed by atoms with E-state index in [9.17, 15) is 9.59 Å². The standard InChI is InChI=1S/C22H40N2O4/c1-4-21(25)18-5-7-20(8-6-18)24-12-9-19(10-13-24)22(26)23-11-14-27-15-16-28-17(2)3/h17-20H,4-16H2,1-3H3,(H,23,26)/t18-,20+. The third-order valence-corrected chi connectivity index (χ3v) is 6.14. The van der Waals surface area contributed by atoms with Crippen LogP contribution in [0, 0.1) is 11.8 Å². The summed E-state index contributed by atoms with van der Waals surface area (Å²) in [6, 6.07) is 0.603. The van der Waals surface area contributed by atoms with Gasteiger partial charge in [0.05, 0.1) is 25.9 Å². The Morgan fingerprint density at radius 2 is 1.64 bits per heavy atom. The lowest BCUT2D eigenvalue weighted by atomic mass is 9.81. The van der Waals surface area contributed by atoms with Gasteiger partial charge in [0, 0.05) is 30.8 Å². The van der Waals surface area contributed by atoms with Gasteiger partial charge in [0.15, 0.2) is 0 Å². The minimum Gasteiger partial charge on any atom is -0.377 e. The third-order valence-electron chi connectivity index (χ3n) is 6.14. The molecular formula is C22H40N2O4. The van der Waals surface area contributed by atoms with Crippen molar-refractivity contribution in [2.24, 2.45) is 11.8 Å². The van der Waals surface area contributed by atoms with Crippen molar-refractivity contribution in [3.05, 3.63) is 0 Å². The molecule has 1 saturated carbocycles. The van der Waals surface area contributed by atoms with Gasteiger partial charge in [0.1, 0.15) is 5.78 Å². The van der Waals surface area contributed by atoms with Crippen molar-refractivity contribution in [2.75, 3.05) is 39.5 Å². The Morgan fingerprint density at radius 3 is 2.25 bits per heavy atom. The van der Waals surface area contributed by atoms with E-state index in [0.717, 1.165) is 51.6 Å². The number of likely N-dealkylation sites (tertiary alicyclic amines) is 1. The van der Waals surface area contributed by atoms with Gasteiger partial charge >= 0.3 is 0 Å². The molecule has 1 aliphatic heterocycles. The van der Waals surface area contributed by atoms with Gasteiger partial charge in [-0.05, 0) is 65.5 Å². The van der Waals surface area contributed by atoms with E-state index in [1.54, 1.807) is 0 Å². The number of ether oxygens (including phenoxy) is 2. The number of rotatable bonds is 11. The molecule has 28 heavy (non-hydrogen) atoms. The largest absolute Gasteiger partial charge is 0.377 e. The van der Waals surface area contributed by atoms with Gasteiger partial charge in [-0.3, -0.25) is 9.59 Å². The first kappa shape index (κ1) is 23.3. The fourth-order valence-corrected chi connectivity index (χ4v) is 4.41. The summed E-state index contributed by atoms with van der Waals surface area (Å²) in [6.07, 6.45) is 7.11. The number of amides is 1. The minimum absolute atomic E-state index is 0.124. The van der Waals surface area contributed by atoms with Gasteiger partial charge in [-0.15, -0.1) is 0 Å². The zero-order valence-electron chi connectivity index (χ0n) is 18.1. The molecule has 0 aromatic heterocycles. The second kappa shape index (κ2) is 12.6. The Bertz CT molecular complexity index is 467. The Labute approximate surface area is 170 Å². The Balaban J connectivity index is 1.55. The number of nitrogens with one attached hydrogen (secondary N) is 1. The highest BCUT2D eigenvalue weighted by molar-refractivity contribution is 5.80. The molecule has 0 radical (unpaired) electrons. The molecule has 0 aromatic rings. The molecule has 1 saturated heterocycles. The molecule has 0 unspecified atom stereocenters. The highest BCUT2D eigenvalue weighted by Crippen LogP contribution is 2.31. The molecule has 6 nitrogen and oxygen atoms in total. The Kier molecular flexibility index (Phi) is 10.4. The molecule has 0 bridgehead atoms. The molecule has 6 heteroatoms. The summed E-state index contributed by atoms with van der Waals surface area (Å²) in [4.78, 5) is 26.8. The van der Waals surface area contributed by atoms with Gasteiger partial charge in [0.25, 0.3) is 0 Å². The number of hydrogen-bond acceptors (Lipinski definition) is 5. The lowest BCUT2D eigenvalue weighted by molar-refractivity contribution is -0.127. The fraction of sp³-hybridized carbons (Fsp3) is 0.909. The van der Waals surface area contributed by atoms with Crippen molar-refractivity contribution in [3.8, 4) is 0 Å². The molecule has 1 amide bonds. The van der Waals surface area contributed by atoms with Crippen LogP contribution >= 0.6 is 0 Å². The lowest BCUT2D eigenvalue weighted by Crippen LogP contribution is -2.46. The molecule has 0 atom stereocenters. The second-order valence-electron chi connectivity index (χ2n) is 8.46. The average molecular weight is 397 g/mol. The van der Waals surface area contributed by atoms with Crippen LogP contribution in [0.1, 0.15) is 65.7 Å². The summed E-state index contributed by atoms with van der Waals surface area (Å²) < 4.78 is 10.9. The molecule has 1 heterocycles. The molecule has 2 aliphatic rings. The molecule has 2 rings (SSSR count). The smallest absolute Gasteiger partial charge is 0.223 e. The Morgan fingerprint density at radius 1 is 0.964 bits per heavy atom. The quantitative estimate of drug-likeness (QED) is 0.544. The van der Waals surface area contributed by atoms with E-state index in [1.165, 1.54) is 0 Å². The van der Waals surface area contributed by atoms with Gasteiger partial charge < -0.3 is 19.7 Å². The summed E-state index contributed by atoms with van der Waals surface area (Å²) >= 11 is 0. The van der Waals surface area contributed by atoms with Crippen LogP contribution in [0.4, 0.5) is 0 Å². The molecule has 1 aliphatic carbocycles. The monoisotopic (exact) mass is 396 g/mol. The minimum atomic E-state index is 0.124. The van der Waals surface area contributed by atoms with Crippen molar-refractivity contribution >= 4 is 11.7 Å². The van der Waals surface area contributed by atoms with Crippen LogP contribution in [-0.2, 0) is 19.1 Å². The number of Topliss-reactive ketones (excluding diaryl/α,β-unsaturated/α-hetero) is 1. The second-order valence-corrected chi connectivity index (χ2v) is 8.46. The van der Waals surface area contributed by atoms with Crippen molar-refractivity contribution in [3.63, 3.8) is 0 Å². The summed E-state index contributed by atoms with van der Waals surface area (Å²) in [7, 11) is 0. The van der Waals surface area contributed by atoms with Crippen LogP contribution in [0.25, 0.3) is 0 Å². The highest BCUT2D eigenvalue weighted by Gasteiger charge is 2.32. The molecule has 0 spiro atoms. The molecule has 162 valence electrons. The predicted octanol–water partition coefficient (Wildman–Crippen LogP) is 2.79. The topological polar surface area (TPSA) is 67.9 Å². The maximum Gasteiger partial charge on any atom is 0.223 e. The van der Waals surface area contributed by atoms with E-state index in [0.29, 0.717) is 50.5 Å². The number of carbonyl (C=O) groups is 2. The molecule has 0 aromatic carbocycles. The van der Waals surface area contributed by atoms with Crippen LogP contribution in [0.3, 0.4) is 0 Å². The third kappa shape index (κ3) is 7.80. The summed E-state index contributed by atoms with van der Waals surface area (Å²) in [5.74, 6) is 1.02. The van der Waals surface area contributed by atoms with Crippen LogP contribution < -0.4 is 5.32 Å². The number of nitrogens with zero attached hydrogens (tertiary/aromatic N) is 1. The maximum absolute atomic E-state index is 12.4. The van der Waals surface area contributed by atoms with E-state index < -0.39 is 0 Å². The summed E-state index contributed by atoms with van der Waals surface area (Å²) in [6.45, 7) is 10.2. The van der Waals surface area contributed by atoms with Gasteiger partial charge in [-0.1, -0.05) is 6.92 Å². The molecule has 2 fully saturated rings. The van der Waals surface area contributed by atoms with E-state index >= 15 is 0 Å². The zero-order valence-corrected chi connectivity index (χ0v) is 18.1. The van der Waals surface area contributed by atoms with Crippen molar-refractivity contribution < 1.29 is 19.1 Å². The van der Waals surface area contributed by atoms with Crippen LogP contribution in [0.5, 0.6) is 0 Å². The van der Waals surface area contributed by atoms with Crippen molar-refractivity contribution in [1.82, 2.24) is 10.2 Å². The normalized spacial score (nSPS) is 24.4. The number of ketones is 1. The van der Waals surface area contributed by atoms with Crippen molar-refractivity contribution in [2.45, 2.75) is 77.9 Å². The summed E-state index contributed by atoms with van der Waals surface area (Å²) in [5.41, 5.74) is 0. The number of hydrogen-bond donors (Lipinski definition) is 1. The number of carbonyl (C=O) groups excluding carboxylic acids is 2. The van der Waals surface area contributed by atoms with Crippen molar-refractivity contribution in [1.29, 1.82) is 0 Å². The van der Waals surface area contributed by atoms with Gasteiger partial charge in [0.2, 0.25) is 5.91 Å². The number of piperidine rings is 1. The van der Waals surface area contributed by atoms with E-state index in [2.05, 4.69) is 10.2 Å². The maximum atomic E-state index is 12.4. The van der Waals surface area contributed by atoms with Gasteiger partial charge in [-0.2, -0.15) is 0 Å². The highest BCUT2D eigenvalue weighted by atomic mass is 16.5. The first-order valence-electron chi connectivity index (χ1n) is 11.2. The summed E-state index contributed by atoms with van der Waals surface area (Å²) in [5, 5.41) is 3.01. The molecule has 1 N–H and O–H groups in total. The SMILES string of the molecule is CCC(=O)[C@H]1CC[C@@H](N2CCC(C(=O)NCCOCCOC(C)C)CC2)CC1. The van der Waals surface area contributed by atoms with Gasteiger partial charge in [-0.25, -0.2) is 0 Å². The molecular weight excluding hydrogens is 356 g/mol. The van der Waals surface area contributed by atoms with Crippen LogP contribution in [0.15, 0.2) is 0 Å². The first-order valence-corrected chi connectivity index (χ1v) is 11.2. The van der Waals surface area contributed by atoms with E-state index in [1.807, 2.05) is 20.8 Å². The first-order chi connectivity index (χ1) is 13.5. The Hall–Kier alpha value is -0.980. The lowest BCUT2D eigenvalue weighted by Gasteiger charge is -2.40. The van der Waals surface area contributed by atoms with E-state index in [-0.39, 0.29) is 17.9 Å². The zero-order chi connectivity index (χ0) is 20.4. The average Bonchev–Trinajstić information content (AvgIpc) is 2.72. The fourth-order valence-electron chi connectivity index (χ4n) is 4.41. The van der Waals surface area contributed by atoms with E-state index in [4.69, 9.17) is 9.47 Å².